The predicted molar refractivity (Wildman–Crippen MR) is 61.0 cm³/mol. The molecule has 0 amide bonds. The van der Waals surface area contributed by atoms with E-state index in [1.807, 2.05) is 0 Å². The van der Waals surface area contributed by atoms with Crippen molar-refractivity contribution in [1.29, 1.82) is 0 Å². The van der Waals surface area contributed by atoms with Gasteiger partial charge in [-0.2, -0.15) is 0 Å². The van der Waals surface area contributed by atoms with Crippen molar-refractivity contribution in [2.24, 2.45) is 5.73 Å². The van der Waals surface area contributed by atoms with Gasteiger partial charge in [0.2, 0.25) is 0 Å². The largest absolute Gasteiger partial charge is 0.328 e. The summed E-state index contributed by atoms with van der Waals surface area (Å²) in [7, 11) is -2.91. The normalized spacial score (nSPS) is 13.9. The fourth-order valence-electron chi connectivity index (χ4n) is 1.26. The van der Waals surface area contributed by atoms with Crippen LogP contribution in [-0.2, 0) is 9.84 Å². The van der Waals surface area contributed by atoms with E-state index in [0.717, 1.165) is 31.3 Å². The lowest BCUT2D eigenvalue weighted by Gasteiger charge is -2.08. The molecule has 1 atom stereocenters. The van der Waals surface area contributed by atoms with E-state index >= 15 is 0 Å². The Balaban J connectivity index is 3.66. The lowest BCUT2D eigenvalue weighted by molar-refractivity contribution is 0.566. The van der Waals surface area contributed by atoms with Gasteiger partial charge >= 0.3 is 0 Å². The summed E-state index contributed by atoms with van der Waals surface area (Å²) >= 11 is 0. The first kappa shape index (κ1) is 13.7. The Morgan fingerprint density at radius 1 is 1.50 bits per heavy atom. The van der Waals surface area contributed by atoms with E-state index in [4.69, 9.17) is 5.73 Å². The minimum Gasteiger partial charge on any atom is -0.328 e. The van der Waals surface area contributed by atoms with E-state index < -0.39 is 9.84 Å². The third-order valence-corrected chi connectivity index (χ3v) is 3.03. The number of hydrogen-bond acceptors (Lipinski definition) is 3. The summed E-state index contributed by atoms with van der Waals surface area (Å²) in [5, 5.41) is 0. The first-order valence-corrected chi connectivity index (χ1v) is 7.01. The molecular formula is C10H21NO2S. The van der Waals surface area contributed by atoms with E-state index in [9.17, 15) is 8.42 Å². The highest BCUT2D eigenvalue weighted by Crippen LogP contribution is 2.09. The number of nitrogens with two attached hydrogens (primary N) is 1. The molecule has 0 aliphatic rings. The molecule has 0 aliphatic carbocycles. The molecule has 0 spiro atoms. The van der Waals surface area contributed by atoms with E-state index in [-0.39, 0.29) is 11.8 Å². The molecule has 3 nitrogen and oxygen atoms in total. The zero-order valence-electron chi connectivity index (χ0n) is 9.12. The van der Waals surface area contributed by atoms with Crippen molar-refractivity contribution in [2.75, 3.05) is 12.0 Å². The van der Waals surface area contributed by atoms with Gasteiger partial charge in [-0.15, -0.1) is 0 Å². The molecule has 0 fully saturated rings. The predicted octanol–water partition coefficient (Wildman–Crippen LogP) is 1.49. The zero-order chi connectivity index (χ0) is 11.2. The van der Waals surface area contributed by atoms with Gasteiger partial charge in [-0.05, 0) is 25.7 Å². The summed E-state index contributed by atoms with van der Waals surface area (Å²) in [5.74, 6) is 0.106. The molecule has 0 aliphatic heterocycles. The Labute approximate surface area is 87.3 Å². The standard InChI is InChI=1S/C10H21NO2S/c1-4-10(11)7-5-6-9(2)8-14(3,12)13/h10H,2,4-8,11H2,1,3H3. The van der Waals surface area contributed by atoms with Crippen molar-refractivity contribution in [2.45, 2.75) is 38.6 Å². The third-order valence-electron chi connectivity index (χ3n) is 2.10. The van der Waals surface area contributed by atoms with Crippen LogP contribution in [0.15, 0.2) is 12.2 Å². The molecule has 0 saturated heterocycles. The summed E-state index contributed by atoms with van der Waals surface area (Å²) in [5.41, 5.74) is 6.53. The molecule has 0 aromatic rings. The summed E-state index contributed by atoms with van der Waals surface area (Å²) in [6, 6.07) is 0.237. The smallest absolute Gasteiger partial charge is 0.151 e. The van der Waals surface area contributed by atoms with Crippen LogP contribution >= 0.6 is 0 Å². The molecule has 0 bridgehead atoms. The van der Waals surface area contributed by atoms with Gasteiger partial charge in [-0.3, -0.25) is 0 Å². The lowest BCUT2D eigenvalue weighted by Crippen LogP contribution is -2.18. The summed E-state index contributed by atoms with van der Waals surface area (Å²) < 4.78 is 21.8. The van der Waals surface area contributed by atoms with Gasteiger partial charge in [-0.1, -0.05) is 19.1 Å². The molecular weight excluding hydrogens is 198 g/mol. The van der Waals surface area contributed by atoms with Crippen LogP contribution in [0.5, 0.6) is 0 Å². The van der Waals surface area contributed by atoms with Gasteiger partial charge in [0, 0.05) is 12.3 Å². The highest BCUT2D eigenvalue weighted by Gasteiger charge is 2.06. The van der Waals surface area contributed by atoms with Crippen LogP contribution in [0.25, 0.3) is 0 Å². The van der Waals surface area contributed by atoms with Crippen molar-refractivity contribution >= 4 is 9.84 Å². The molecule has 0 radical (unpaired) electrons. The maximum Gasteiger partial charge on any atom is 0.151 e. The highest BCUT2D eigenvalue weighted by molar-refractivity contribution is 7.90. The molecule has 2 N–H and O–H groups in total. The average Bonchev–Trinajstić information content (AvgIpc) is 2.00. The topological polar surface area (TPSA) is 60.2 Å². The van der Waals surface area contributed by atoms with E-state index in [0.29, 0.717) is 0 Å². The zero-order valence-corrected chi connectivity index (χ0v) is 9.94. The van der Waals surface area contributed by atoms with E-state index in [1.165, 1.54) is 6.26 Å². The van der Waals surface area contributed by atoms with Crippen LogP contribution in [0.4, 0.5) is 0 Å². The van der Waals surface area contributed by atoms with Crippen LogP contribution in [0, 0.1) is 0 Å². The van der Waals surface area contributed by atoms with Gasteiger partial charge < -0.3 is 5.73 Å². The van der Waals surface area contributed by atoms with Gasteiger partial charge in [0.25, 0.3) is 0 Å². The molecule has 0 aromatic heterocycles. The quantitative estimate of drug-likeness (QED) is 0.660. The minimum absolute atomic E-state index is 0.106. The van der Waals surface area contributed by atoms with E-state index in [2.05, 4.69) is 13.5 Å². The Kier molecular flexibility index (Phi) is 6.04. The van der Waals surface area contributed by atoms with Gasteiger partial charge in [0.05, 0.1) is 5.75 Å². The first-order chi connectivity index (χ1) is 6.35. The summed E-state index contributed by atoms with van der Waals surface area (Å²) in [6.45, 7) is 5.79. The van der Waals surface area contributed by atoms with Crippen LogP contribution in [0.1, 0.15) is 32.6 Å². The molecule has 84 valence electrons. The number of hydrogen-bond donors (Lipinski definition) is 1. The molecule has 0 saturated carbocycles. The molecule has 4 heteroatoms. The molecule has 1 unspecified atom stereocenters. The Hall–Kier alpha value is -0.350. The van der Waals surface area contributed by atoms with E-state index in [1.54, 1.807) is 0 Å². The Morgan fingerprint density at radius 3 is 2.50 bits per heavy atom. The fourth-order valence-corrected chi connectivity index (χ4v) is 2.15. The third kappa shape index (κ3) is 8.26. The van der Waals surface area contributed by atoms with Crippen LogP contribution < -0.4 is 5.73 Å². The Morgan fingerprint density at radius 2 is 2.07 bits per heavy atom. The maximum atomic E-state index is 10.9. The van der Waals surface area contributed by atoms with Crippen molar-refractivity contribution in [1.82, 2.24) is 0 Å². The molecule has 0 aromatic carbocycles. The SMILES string of the molecule is C=C(CCCC(N)CC)CS(C)(=O)=O. The van der Waals surface area contributed by atoms with Crippen molar-refractivity contribution < 1.29 is 8.42 Å². The van der Waals surface area contributed by atoms with Gasteiger partial charge in [-0.25, -0.2) is 8.42 Å². The summed E-state index contributed by atoms with van der Waals surface area (Å²) in [4.78, 5) is 0. The molecule has 0 rings (SSSR count). The minimum atomic E-state index is -2.91. The summed E-state index contributed by atoms with van der Waals surface area (Å²) in [6.07, 6.45) is 4.85. The Bertz CT molecular complexity index is 270. The van der Waals surface area contributed by atoms with Crippen molar-refractivity contribution in [3.8, 4) is 0 Å². The monoisotopic (exact) mass is 219 g/mol. The fraction of sp³-hybridized carbons (Fsp3) is 0.800. The van der Waals surface area contributed by atoms with Crippen LogP contribution in [0.2, 0.25) is 0 Å². The van der Waals surface area contributed by atoms with Crippen LogP contribution in [-0.4, -0.2) is 26.5 Å². The first-order valence-electron chi connectivity index (χ1n) is 4.95. The lowest BCUT2D eigenvalue weighted by atomic mass is 10.1. The number of sulfone groups is 1. The van der Waals surface area contributed by atoms with Crippen molar-refractivity contribution in [3.63, 3.8) is 0 Å². The second kappa shape index (κ2) is 6.19. The second-order valence-corrected chi connectivity index (χ2v) is 6.02. The van der Waals surface area contributed by atoms with Crippen molar-refractivity contribution in [3.05, 3.63) is 12.2 Å². The highest BCUT2D eigenvalue weighted by atomic mass is 32.2. The average molecular weight is 219 g/mol. The van der Waals surface area contributed by atoms with Gasteiger partial charge in [0.1, 0.15) is 0 Å². The maximum absolute atomic E-state index is 10.9. The second-order valence-electron chi connectivity index (χ2n) is 3.88. The molecule has 0 heterocycles. The van der Waals surface area contributed by atoms with Gasteiger partial charge in [0.15, 0.2) is 9.84 Å². The molecule has 14 heavy (non-hydrogen) atoms. The number of rotatable bonds is 7. The van der Waals surface area contributed by atoms with Crippen LogP contribution in [0.3, 0.4) is 0 Å².